The van der Waals surface area contributed by atoms with Gasteiger partial charge in [-0.05, 0) is 45.1 Å². The van der Waals surface area contributed by atoms with E-state index < -0.39 is 0 Å². The lowest BCUT2D eigenvalue weighted by Crippen LogP contribution is -2.25. The van der Waals surface area contributed by atoms with Gasteiger partial charge in [0, 0.05) is 32.4 Å². The number of hydrogen-bond donors (Lipinski definition) is 3. The molecule has 0 fully saturated rings. The number of amides is 2. The summed E-state index contributed by atoms with van der Waals surface area (Å²) in [6.07, 6.45) is 11.1. The van der Waals surface area contributed by atoms with Gasteiger partial charge in [0.25, 0.3) is 0 Å². The maximum absolute atomic E-state index is 11.7. The quantitative estimate of drug-likeness (QED) is 0.176. The van der Waals surface area contributed by atoms with E-state index in [0.717, 1.165) is 57.8 Å². The molecule has 7 nitrogen and oxygen atoms in total. The van der Waals surface area contributed by atoms with Gasteiger partial charge in [0.15, 0.2) is 0 Å². The van der Waals surface area contributed by atoms with Crippen LogP contribution in [0.25, 0.3) is 0 Å². The Morgan fingerprint density at radius 1 is 0.750 bits per heavy atom. The van der Waals surface area contributed by atoms with Crippen LogP contribution in [-0.2, 0) is 19.1 Å². The summed E-state index contributed by atoms with van der Waals surface area (Å²) in [7, 11) is 0. The number of esters is 1. The number of carbonyl (C=O) groups is 3. The van der Waals surface area contributed by atoms with Crippen molar-refractivity contribution in [1.29, 1.82) is 0 Å². The second-order valence-corrected chi connectivity index (χ2v) is 6.89. The highest BCUT2D eigenvalue weighted by molar-refractivity contribution is 5.76. The average Bonchev–Trinajstić information content (AvgIpc) is 2.68. The summed E-state index contributed by atoms with van der Waals surface area (Å²) >= 11 is 0. The SMILES string of the molecule is C=CCOC(=O)CCCCCNC(=O)CCCCCNC(=O)CCCCCN. The molecule has 0 rings (SSSR count). The maximum atomic E-state index is 11.7. The van der Waals surface area contributed by atoms with Gasteiger partial charge in [-0.3, -0.25) is 14.4 Å². The van der Waals surface area contributed by atoms with Gasteiger partial charge in [-0.2, -0.15) is 0 Å². The Morgan fingerprint density at radius 3 is 1.75 bits per heavy atom. The van der Waals surface area contributed by atoms with Crippen molar-refractivity contribution in [3.8, 4) is 0 Å². The molecule has 0 heterocycles. The first kappa shape index (κ1) is 26.1. The number of hydrogen-bond acceptors (Lipinski definition) is 5. The van der Waals surface area contributed by atoms with E-state index in [1.165, 1.54) is 0 Å². The number of nitrogens with two attached hydrogens (primary N) is 1. The third-order valence-corrected chi connectivity index (χ3v) is 4.25. The van der Waals surface area contributed by atoms with E-state index in [9.17, 15) is 14.4 Å². The van der Waals surface area contributed by atoms with Crippen LogP contribution in [0.1, 0.15) is 77.0 Å². The Kier molecular flexibility index (Phi) is 18.5. The fourth-order valence-corrected chi connectivity index (χ4v) is 2.62. The Balaban J connectivity index is 3.36. The van der Waals surface area contributed by atoms with Crippen molar-refractivity contribution < 1.29 is 19.1 Å². The van der Waals surface area contributed by atoms with Gasteiger partial charge in [0.05, 0.1) is 0 Å². The third kappa shape index (κ3) is 18.9. The van der Waals surface area contributed by atoms with E-state index in [-0.39, 0.29) is 24.4 Å². The first-order chi connectivity index (χ1) is 13.6. The highest BCUT2D eigenvalue weighted by atomic mass is 16.5. The molecule has 162 valence electrons. The molecule has 0 spiro atoms. The van der Waals surface area contributed by atoms with Crippen molar-refractivity contribution >= 4 is 17.8 Å². The molecular weight excluding hydrogens is 358 g/mol. The highest BCUT2D eigenvalue weighted by Gasteiger charge is 2.04. The summed E-state index contributed by atoms with van der Waals surface area (Å²) in [5.74, 6) is -0.0372. The molecule has 7 heteroatoms. The highest BCUT2D eigenvalue weighted by Crippen LogP contribution is 2.03. The summed E-state index contributed by atoms with van der Waals surface area (Å²) in [5, 5.41) is 5.81. The largest absolute Gasteiger partial charge is 0.461 e. The molecule has 0 saturated carbocycles. The van der Waals surface area contributed by atoms with E-state index in [1.807, 2.05) is 0 Å². The molecule has 0 bridgehead atoms. The van der Waals surface area contributed by atoms with E-state index in [2.05, 4.69) is 17.2 Å². The second-order valence-electron chi connectivity index (χ2n) is 6.89. The molecule has 0 atom stereocenters. The van der Waals surface area contributed by atoms with Crippen LogP contribution >= 0.6 is 0 Å². The maximum Gasteiger partial charge on any atom is 0.306 e. The smallest absolute Gasteiger partial charge is 0.306 e. The molecule has 2 amide bonds. The van der Waals surface area contributed by atoms with E-state index in [4.69, 9.17) is 10.5 Å². The lowest BCUT2D eigenvalue weighted by molar-refractivity contribution is -0.142. The molecule has 0 aliphatic rings. The monoisotopic (exact) mass is 397 g/mol. The van der Waals surface area contributed by atoms with Gasteiger partial charge in [-0.1, -0.05) is 31.9 Å². The number of unbranched alkanes of at least 4 members (excludes halogenated alkanes) is 6. The van der Waals surface area contributed by atoms with Crippen molar-refractivity contribution in [2.45, 2.75) is 77.0 Å². The van der Waals surface area contributed by atoms with E-state index >= 15 is 0 Å². The summed E-state index contributed by atoms with van der Waals surface area (Å²) in [6, 6.07) is 0. The number of carbonyl (C=O) groups excluding carboxylic acids is 3. The fourth-order valence-electron chi connectivity index (χ4n) is 2.62. The lowest BCUT2D eigenvalue weighted by Gasteiger charge is -2.06. The molecule has 0 radical (unpaired) electrons. The van der Waals surface area contributed by atoms with Gasteiger partial charge < -0.3 is 21.1 Å². The van der Waals surface area contributed by atoms with Crippen molar-refractivity contribution in [1.82, 2.24) is 10.6 Å². The molecule has 0 aromatic rings. The van der Waals surface area contributed by atoms with Crippen molar-refractivity contribution in [2.24, 2.45) is 5.73 Å². The average molecular weight is 398 g/mol. The van der Waals surface area contributed by atoms with Crippen molar-refractivity contribution in [3.05, 3.63) is 12.7 Å². The molecule has 28 heavy (non-hydrogen) atoms. The summed E-state index contributed by atoms with van der Waals surface area (Å²) in [5.41, 5.74) is 5.42. The van der Waals surface area contributed by atoms with Gasteiger partial charge in [-0.25, -0.2) is 0 Å². The number of nitrogens with one attached hydrogen (secondary N) is 2. The zero-order chi connectivity index (χ0) is 20.9. The summed E-state index contributed by atoms with van der Waals surface area (Å²) < 4.78 is 4.89. The predicted molar refractivity (Wildman–Crippen MR) is 112 cm³/mol. The summed E-state index contributed by atoms with van der Waals surface area (Å²) in [4.78, 5) is 34.6. The second kappa shape index (κ2) is 19.9. The van der Waals surface area contributed by atoms with Gasteiger partial charge in [0.1, 0.15) is 6.61 Å². The van der Waals surface area contributed by atoms with Crippen LogP contribution in [0, 0.1) is 0 Å². The van der Waals surface area contributed by atoms with Crippen LogP contribution in [0.5, 0.6) is 0 Å². The van der Waals surface area contributed by atoms with Crippen LogP contribution < -0.4 is 16.4 Å². The van der Waals surface area contributed by atoms with Crippen LogP contribution in [0.4, 0.5) is 0 Å². The van der Waals surface area contributed by atoms with Gasteiger partial charge in [0.2, 0.25) is 11.8 Å². The Labute approximate surface area is 169 Å². The Hall–Kier alpha value is -1.89. The minimum absolute atomic E-state index is 0.0642. The molecule has 0 aromatic heterocycles. The van der Waals surface area contributed by atoms with Gasteiger partial charge >= 0.3 is 5.97 Å². The third-order valence-electron chi connectivity index (χ3n) is 4.25. The minimum atomic E-state index is -0.202. The van der Waals surface area contributed by atoms with E-state index in [0.29, 0.717) is 38.9 Å². The lowest BCUT2D eigenvalue weighted by atomic mass is 10.1. The minimum Gasteiger partial charge on any atom is -0.461 e. The zero-order valence-electron chi connectivity index (χ0n) is 17.3. The van der Waals surface area contributed by atoms with Crippen molar-refractivity contribution in [3.63, 3.8) is 0 Å². The Bertz CT molecular complexity index is 441. The fraction of sp³-hybridized carbons (Fsp3) is 0.762. The molecule has 0 aromatic carbocycles. The first-order valence-electron chi connectivity index (χ1n) is 10.6. The molecule has 0 aliphatic carbocycles. The molecular formula is C21H39N3O4. The van der Waals surface area contributed by atoms with Crippen LogP contribution in [0.15, 0.2) is 12.7 Å². The predicted octanol–water partition coefficient (Wildman–Crippen LogP) is 2.59. The van der Waals surface area contributed by atoms with Crippen molar-refractivity contribution in [2.75, 3.05) is 26.2 Å². The normalized spacial score (nSPS) is 10.3. The first-order valence-corrected chi connectivity index (χ1v) is 10.6. The standard InChI is InChI=1S/C21H39N3O4/c1-2-18-28-21(27)14-8-5-11-17-24-20(26)13-7-4-10-16-23-19(25)12-6-3-9-15-22/h2H,1,3-18,22H2,(H,23,25)(H,24,26). The van der Waals surface area contributed by atoms with Crippen LogP contribution in [0.3, 0.4) is 0 Å². The molecule has 0 aliphatic heterocycles. The Morgan fingerprint density at radius 2 is 1.25 bits per heavy atom. The van der Waals surface area contributed by atoms with Crippen LogP contribution in [0.2, 0.25) is 0 Å². The number of ether oxygens (including phenoxy) is 1. The molecule has 0 saturated heterocycles. The van der Waals surface area contributed by atoms with Gasteiger partial charge in [-0.15, -0.1) is 0 Å². The topological polar surface area (TPSA) is 111 Å². The van der Waals surface area contributed by atoms with Crippen LogP contribution in [-0.4, -0.2) is 44.0 Å². The molecule has 0 unspecified atom stereocenters. The van der Waals surface area contributed by atoms with E-state index in [1.54, 1.807) is 6.08 Å². The molecule has 4 N–H and O–H groups in total. The number of rotatable bonds is 19. The zero-order valence-corrected chi connectivity index (χ0v) is 17.3. The summed E-state index contributed by atoms with van der Waals surface area (Å²) in [6.45, 7) is 5.75.